The number of rotatable bonds is 3. The molecule has 3 aromatic carbocycles. The number of carbonyl (C=O) groups excluding carboxylic acids is 3. The molecule has 5 nitrogen and oxygen atoms in total. The maximum absolute atomic E-state index is 13.1. The summed E-state index contributed by atoms with van der Waals surface area (Å²) in [5.41, 5.74) is 2.47. The van der Waals surface area contributed by atoms with Crippen molar-refractivity contribution in [2.24, 2.45) is 0 Å². The monoisotopic (exact) mass is 370 g/mol. The molecule has 0 saturated heterocycles. The zero-order chi connectivity index (χ0) is 20.0. The fraction of sp³-hybridized carbons (Fsp3) is 0.0435. The number of ketones is 3. The molecule has 0 aromatic heterocycles. The van der Waals surface area contributed by atoms with Gasteiger partial charge in [0, 0.05) is 33.4 Å². The highest BCUT2D eigenvalue weighted by Crippen LogP contribution is 2.28. The molecule has 0 amide bonds. The fourth-order valence-corrected chi connectivity index (χ4v) is 3.34. The van der Waals surface area contributed by atoms with E-state index < -0.39 is 11.8 Å². The summed E-state index contributed by atoms with van der Waals surface area (Å²) in [7, 11) is 0. The minimum atomic E-state index is -1.09. The van der Waals surface area contributed by atoms with Crippen LogP contribution in [-0.4, -0.2) is 28.4 Å². The third-order valence-electron chi connectivity index (χ3n) is 4.83. The molecule has 4 rings (SSSR count). The molecule has 0 radical (unpaired) electrons. The van der Waals surface area contributed by atoms with Crippen LogP contribution in [-0.2, 0) is 0 Å². The Balaban J connectivity index is 1.84. The summed E-state index contributed by atoms with van der Waals surface area (Å²) < 4.78 is 0. The van der Waals surface area contributed by atoms with Gasteiger partial charge in [-0.25, -0.2) is 4.79 Å². The Morgan fingerprint density at radius 2 is 1.39 bits per heavy atom. The lowest BCUT2D eigenvalue weighted by molar-refractivity contribution is 0.0696. The number of aryl methyl sites for hydroxylation is 1. The van der Waals surface area contributed by atoms with Crippen LogP contribution < -0.4 is 0 Å². The molecule has 136 valence electrons. The summed E-state index contributed by atoms with van der Waals surface area (Å²) >= 11 is 0. The Kier molecular flexibility index (Phi) is 4.00. The van der Waals surface area contributed by atoms with E-state index in [-0.39, 0.29) is 39.4 Å². The van der Waals surface area contributed by atoms with Gasteiger partial charge in [0.05, 0.1) is 5.56 Å². The highest BCUT2D eigenvalue weighted by Gasteiger charge is 2.28. The van der Waals surface area contributed by atoms with Gasteiger partial charge in [0.25, 0.3) is 0 Å². The van der Waals surface area contributed by atoms with Crippen molar-refractivity contribution in [3.63, 3.8) is 0 Å². The second kappa shape index (κ2) is 6.39. The summed E-state index contributed by atoms with van der Waals surface area (Å²) in [6.45, 7) is 1.83. The number of fused-ring (bicyclic) bond motifs is 3. The van der Waals surface area contributed by atoms with Crippen molar-refractivity contribution in [1.82, 2.24) is 0 Å². The Morgan fingerprint density at radius 1 is 0.714 bits per heavy atom. The van der Waals surface area contributed by atoms with Crippen LogP contribution in [0.3, 0.4) is 0 Å². The van der Waals surface area contributed by atoms with E-state index in [9.17, 15) is 19.2 Å². The maximum atomic E-state index is 13.1. The molecule has 0 spiro atoms. The zero-order valence-electron chi connectivity index (χ0n) is 14.9. The van der Waals surface area contributed by atoms with Gasteiger partial charge in [-0.2, -0.15) is 0 Å². The van der Waals surface area contributed by atoms with Crippen LogP contribution in [0, 0.1) is 6.92 Å². The molecule has 1 aliphatic rings. The van der Waals surface area contributed by atoms with Gasteiger partial charge in [0.2, 0.25) is 0 Å². The first-order chi connectivity index (χ1) is 13.4. The predicted molar refractivity (Wildman–Crippen MR) is 101 cm³/mol. The molecule has 1 N–H and O–H groups in total. The van der Waals surface area contributed by atoms with Gasteiger partial charge < -0.3 is 5.11 Å². The Labute approximate surface area is 160 Å². The van der Waals surface area contributed by atoms with Gasteiger partial charge in [0.1, 0.15) is 0 Å². The minimum absolute atomic E-state index is 0.0658. The lowest BCUT2D eigenvalue weighted by Crippen LogP contribution is -2.11. The van der Waals surface area contributed by atoms with Crippen LogP contribution in [0.2, 0.25) is 0 Å². The smallest absolute Gasteiger partial charge is 0.335 e. The first-order valence-electron chi connectivity index (χ1n) is 8.59. The summed E-state index contributed by atoms with van der Waals surface area (Å²) in [4.78, 5) is 49.8. The van der Waals surface area contributed by atoms with Gasteiger partial charge in [-0.05, 0) is 37.3 Å². The van der Waals surface area contributed by atoms with Crippen LogP contribution in [0.1, 0.15) is 63.7 Å². The van der Waals surface area contributed by atoms with Gasteiger partial charge in [-0.15, -0.1) is 0 Å². The van der Waals surface area contributed by atoms with Crippen molar-refractivity contribution in [2.45, 2.75) is 6.92 Å². The maximum Gasteiger partial charge on any atom is 0.335 e. The predicted octanol–water partition coefficient (Wildman–Crippen LogP) is 3.70. The van der Waals surface area contributed by atoms with Crippen LogP contribution in [0.25, 0.3) is 0 Å². The van der Waals surface area contributed by atoms with Crippen LogP contribution in [0.5, 0.6) is 0 Å². The number of carboxylic acid groups (broad SMARTS) is 1. The van der Waals surface area contributed by atoms with Crippen molar-refractivity contribution in [1.29, 1.82) is 0 Å². The van der Waals surface area contributed by atoms with Crippen molar-refractivity contribution in [3.8, 4) is 0 Å². The average Bonchev–Trinajstić information content (AvgIpc) is 2.78. The second-order valence-electron chi connectivity index (χ2n) is 6.68. The third kappa shape index (κ3) is 2.74. The molecule has 0 saturated carbocycles. The molecule has 0 heterocycles. The summed E-state index contributed by atoms with van der Waals surface area (Å²) in [6, 6.07) is 15.0. The summed E-state index contributed by atoms with van der Waals surface area (Å²) in [5, 5.41) is 9.00. The molecule has 0 aliphatic heterocycles. The summed E-state index contributed by atoms with van der Waals surface area (Å²) in [5.74, 6) is -2.13. The van der Waals surface area contributed by atoms with Gasteiger partial charge in [-0.1, -0.05) is 35.9 Å². The highest BCUT2D eigenvalue weighted by molar-refractivity contribution is 6.26. The van der Waals surface area contributed by atoms with Crippen LogP contribution >= 0.6 is 0 Å². The van der Waals surface area contributed by atoms with E-state index in [4.69, 9.17) is 5.11 Å². The SMILES string of the molecule is Cc1ccc2c(c1)C(=O)c1cc(ccc1C(=O)c1ccc(C(=O)O)cc1)C2=O. The molecular formula is C23H14O5. The van der Waals surface area contributed by atoms with Gasteiger partial charge in [-0.3, -0.25) is 14.4 Å². The molecule has 0 fully saturated rings. The molecule has 3 aromatic rings. The third-order valence-corrected chi connectivity index (χ3v) is 4.83. The first kappa shape index (κ1) is 17.5. The van der Waals surface area contributed by atoms with E-state index in [0.717, 1.165) is 5.56 Å². The Morgan fingerprint density at radius 3 is 2.07 bits per heavy atom. The average molecular weight is 370 g/mol. The lowest BCUT2D eigenvalue weighted by atomic mass is 9.92. The number of aromatic carboxylic acids is 1. The minimum Gasteiger partial charge on any atom is -0.478 e. The van der Waals surface area contributed by atoms with E-state index in [0.29, 0.717) is 11.1 Å². The molecule has 28 heavy (non-hydrogen) atoms. The molecular weight excluding hydrogens is 356 g/mol. The molecule has 0 atom stereocenters. The van der Waals surface area contributed by atoms with E-state index in [1.165, 1.54) is 42.5 Å². The molecule has 1 aliphatic carbocycles. The van der Waals surface area contributed by atoms with Crippen molar-refractivity contribution in [2.75, 3.05) is 0 Å². The Bertz CT molecular complexity index is 1190. The zero-order valence-corrected chi connectivity index (χ0v) is 14.9. The van der Waals surface area contributed by atoms with E-state index in [1.54, 1.807) is 18.2 Å². The van der Waals surface area contributed by atoms with Crippen LogP contribution in [0.4, 0.5) is 0 Å². The fourth-order valence-electron chi connectivity index (χ4n) is 3.34. The normalized spacial score (nSPS) is 12.3. The first-order valence-corrected chi connectivity index (χ1v) is 8.59. The number of hydrogen-bond donors (Lipinski definition) is 1. The molecule has 2 bridgehead atoms. The lowest BCUT2D eigenvalue weighted by Gasteiger charge is -2.08. The van der Waals surface area contributed by atoms with Gasteiger partial charge in [0.15, 0.2) is 17.3 Å². The molecule has 0 unspecified atom stereocenters. The topological polar surface area (TPSA) is 88.5 Å². The number of carboxylic acids is 1. The Hall–Kier alpha value is -3.86. The summed E-state index contributed by atoms with van der Waals surface area (Å²) in [6.07, 6.45) is 0. The number of carbonyl (C=O) groups is 4. The van der Waals surface area contributed by atoms with Crippen LogP contribution in [0.15, 0.2) is 60.7 Å². The second-order valence-corrected chi connectivity index (χ2v) is 6.68. The van der Waals surface area contributed by atoms with E-state index >= 15 is 0 Å². The standard InChI is InChI=1S/C23H14O5/c1-12-2-8-16-18(10-12)22(26)19-11-15(21(16)25)7-9-17(19)20(24)13-3-5-14(6-4-13)23(27)28/h2-11H,1H3,(H,27,28). The van der Waals surface area contributed by atoms with E-state index in [1.807, 2.05) is 6.92 Å². The van der Waals surface area contributed by atoms with Crippen molar-refractivity contribution in [3.05, 3.63) is 105 Å². The highest BCUT2D eigenvalue weighted by atomic mass is 16.4. The van der Waals surface area contributed by atoms with Gasteiger partial charge >= 0.3 is 5.97 Å². The quantitative estimate of drug-likeness (QED) is 0.556. The number of benzene rings is 3. The van der Waals surface area contributed by atoms with E-state index in [2.05, 4.69) is 0 Å². The number of hydrogen-bond acceptors (Lipinski definition) is 4. The van der Waals surface area contributed by atoms with Crippen molar-refractivity contribution >= 4 is 23.3 Å². The molecule has 5 heteroatoms. The van der Waals surface area contributed by atoms with Crippen molar-refractivity contribution < 1.29 is 24.3 Å². The largest absolute Gasteiger partial charge is 0.478 e.